The van der Waals surface area contributed by atoms with Gasteiger partial charge in [-0.1, -0.05) is 13.8 Å². The molecule has 0 radical (unpaired) electrons. The van der Waals surface area contributed by atoms with Crippen LogP contribution in [0.15, 0.2) is 0 Å². The standard InChI is InChI=1S/C8H18FN/c1-7(2)10-6-4-5-8(3)9/h7-8,10H,4-6H2,1-3H3. The average Bonchev–Trinajstić information content (AvgIpc) is 1.79. The molecule has 2 heteroatoms. The molecule has 0 aromatic heterocycles. The van der Waals surface area contributed by atoms with Gasteiger partial charge in [0.05, 0.1) is 6.17 Å². The van der Waals surface area contributed by atoms with Crippen molar-refractivity contribution in [2.24, 2.45) is 0 Å². The number of halogens is 1. The highest BCUT2D eigenvalue weighted by molar-refractivity contribution is 4.54. The van der Waals surface area contributed by atoms with Crippen LogP contribution in [0.2, 0.25) is 0 Å². The van der Waals surface area contributed by atoms with Crippen molar-refractivity contribution in [3.8, 4) is 0 Å². The summed E-state index contributed by atoms with van der Waals surface area (Å²) in [5, 5.41) is 3.23. The third kappa shape index (κ3) is 7.89. The molecule has 10 heavy (non-hydrogen) atoms. The van der Waals surface area contributed by atoms with Gasteiger partial charge in [-0.25, -0.2) is 4.39 Å². The molecule has 1 unspecified atom stereocenters. The van der Waals surface area contributed by atoms with Gasteiger partial charge in [0.2, 0.25) is 0 Å². The molecule has 0 aromatic rings. The number of hydrogen-bond donors (Lipinski definition) is 1. The van der Waals surface area contributed by atoms with Crippen molar-refractivity contribution in [2.75, 3.05) is 6.54 Å². The molecule has 0 aliphatic heterocycles. The highest BCUT2D eigenvalue weighted by Gasteiger charge is 1.97. The molecule has 0 heterocycles. The molecule has 0 spiro atoms. The molecule has 1 N–H and O–H groups in total. The van der Waals surface area contributed by atoms with Crippen LogP contribution in [0.4, 0.5) is 4.39 Å². The minimum Gasteiger partial charge on any atom is -0.315 e. The van der Waals surface area contributed by atoms with Gasteiger partial charge in [0.15, 0.2) is 0 Å². The summed E-state index contributed by atoms with van der Waals surface area (Å²) in [4.78, 5) is 0. The first-order valence-corrected chi connectivity index (χ1v) is 4.00. The van der Waals surface area contributed by atoms with Gasteiger partial charge in [0.1, 0.15) is 0 Å². The van der Waals surface area contributed by atoms with E-state index in [-0.39, 0.29) is 0 Å². The zero-order valence-corrected chi connectivity index (χ0v) is 7.15. The molecular weight excluding hydrogens is 129 g/mol. The van der Waals surface area contributed by atoms with E-state index >= 15 is 0 Å². The number of alkyl halides is 1. The maximum atomic E-state index is 12.2. The van der Waals surface area contributed by atoms with Crippen LogP contribution in [0.25, 0.3) is 0 Å². The average molecular weight is 147 g/mol. The van der Waals surface area contributed by atoms with Crippen molar-refractivity contribution in [2.45, 2.75) is 45.8 Å². The Kier molecular flexibility index (Phi) is 5.60. The Balaban J connectivity index is 2.91. The molecule has 0 saturated carbocycles. The summed E-state index contributed by atoms with van der Waals surface area (Å²) in [5.41, 5.74) is 0. The van der Waals surface area contributed by atoms with E-state index in [0.717, 1.165) is 13.0 Å². The number of nitrogens with one attached hydrogen (secondary N) is 1. The van der Waals surface area contributed by atoms with E-state index in [1.807, 2.05) is 0 Å². The lowest BCUT2D eigenvalue weighted by Gasteiger charge is -2.07. The van der Waals surface area contributed by atoms with Crippen LogP contribution in [0.3, 0.4) is 0 Å². The molecule has 0 aliphatic rings. The quantitative estimate of drug-likeness (QED) is 0.587. The van der Waals surface area contributed by atoms with Crippen LogP contribution in [0, 0.1) is 0 Å². The first-order chi connectivity index (χ1) is 4.63. The molecule has 0 rings (SSSR count). The highest BCUT2D eigenvalue weighted by Crippen LogP contribution is 1.98. The van der Waals surface area contributed by atoms with Crippen molar-refractivity contribution in [1.29, 1.82) is 0 Å². The Hall–Kier alpha value is -0.110. The first-order valence-electron chi connectivity index (χ1n) is 4.00. The zero-order valence-electron chi connectivity index (χ0n) is 7.15. The van der Waals surface area contributed by atoms with E-state index in [4.69, 9.17) is 0 Å². The molecule has 0 aromatic carbocycles. The Morgan fingerprint density at radius 1 is 1.30 bits per heavy atom. The summed E-state index contributed by atoms with van der Waals surface area (Å²) in [5.74, 6) is 0. The van der Waals surface area contributed by atoms with E-state index in [0.29, 0.717) is 12.5 Å². The molecule has 1 atom stereocenters. The van der Waals surface area contributed by atoms with Crippen molar-refractivity contribution < 1.29 is 4.39 Å². The molecular formula is C8H18FN. The summed E-state index contributed by atoms with van der Waals surface area (Å²) in [7, 11) is 0. The van der Waals surface area contributed by atoms with Gasteiger partial charge in [-0.2, -0.15) is 0 Å². The lowest BCUT2D eigenvalue weighted by atomic mass is 10.2. The molecule has 1 nitrogen and oxygen atoms in total. The molecule has 0 bridgehead atoms. The third-order valence-corrected chi connectivity index (χ3v) is 1.33. The molecule has 0 aliphatic carbocycles. The van der Waals surface area contributed by atoms with Gasteiger partial charge >= 0.3 is 0 Å². The Morgan fingerprint density at radius 2 is 1.90 bits per heavy atom. The van der Waals surface area contributed by atoms with Crippen LogP contribution >= 0.6 is 0 Å². The molecule has 0 fully saturated rings. The fourth-order valence-corrected chi connectivity index (χ4v) is 0.774. The van der Waals surface area contributed by atoms with Gasteiger partial charge in [-0.3, -0.25) is 0 Å². The summed E-state index contributed by atoms with van der Waals surface area (Å²) in [6, 6.07) is 0.523. The van der Waals surface area contributed by atoms with Crippen molar-refractivity contribution in [1.82, 2.24) is 5.32 Å². The topological polar surface area (TPSA) is 12.0 Å². The molecule has 62 valence electrons. The molecule has 0 saturated heterocycles. The second-order valence-electron chi connectivity index (χ2n) is 3.03. The van der Waals surface area contributed by atoms with Gasteiger partial charge in [0.25, 0.3) is 0 Å². The normalized spacial score (nSPS) is 14.1. The van der Waals surface area contributed by atoms with Crippen LogP contribution in [0.5, 0.6) is 0 Å². The zero-order chi connectivity index (χ0) is 7.98. The van der Waals surface area contributed by atoms with Crippen molar-refractivity contribution in [3.63, 3.8) is 0 Å². The monoisotopic (exact) mass is 147 g/mol. The predicted molar refractivity (Wildman–Crippen MR) is 42.9 cm³/mol. The minimum absolute atomic E-state index is 0.523. The lowest BCUT2D eigenvalue weighted by molar-refractivity contribution is 0.330. The van der Waals surface area contributed by atoms with Crippen molar-refractivity contribution in [3.05, 3.63) is 0 Å². The van der Waals surface area contributed by atoms with Crippen LogP contribution in [0.1, 0.15) is 33.6 Å². The fourth-order valence-electron chi connectivity index (χ4n) is 0.774. The number of rotatable bonds is 5. The lowest BCUT2D eigenvalue weighted by Crippen LogP contribution is -2.23. The summed E-state index contributed by atoms with van der Waals surface area (Å²) in [6.07, 6.45) is 0.976. The second kappa shape index (κ2) is 5.66. The van der Waals surface area contributed by atoms with Gasteiger partial charge in [-0.05, 0) is 26.3 Å². The van der Waals surface area contributed by atoms with Crippen LogP contribution in [-0.2, 0) is 0 Å². The highest BCUT2D eigenvalue weighted by atomic mass is 19.1. The third-order valence-electron chi connectivity index (χ3n) is 1.33. The van der Waals surface area contributed by atoms with Gasteiger partial charge in [0, 0.05) is 6.04 Å². The molecule has 0 amide bonds. The Bertz CT molecular complexity index is 61.7. The van der Waals surface area contributed by atoms with E-state index in [1.165, 1.54) is 0 Å². The van der Waals surface area contributed by atoms with Gasteiger partial charge in [-0.15, -0.1) is 0 Å². The van der Waals surface area contributed by atoms with Crippen molar-refractivity contribution >= 4 is 0 Å². The predicted octanol–water partition coefficient (Wildman–Crippen LogP) is 2.12. The Morgan fingerprint density at radius 3 is 2.30 bits per heavy atom. The second-order valence-corrected chi connectivity index (χ2v) is 3.03. The van der Waals surface area contributed by atoms with E-state index in [9.17, 15) is 4.39 Å². The minimum atomic E-state index is -0.644. The van der Waals surface area contributed by atoms with Crippen LogP contribution in [-0.4, -0.2) is 18.8 Å². The fraction of sp³-hybridized carbons (Fsp3) is 1.00. The summed E-state index contributed by atoms with van der Waals surface area (Å²) < 4.78 is 12.2. The van der Waals surface area contributed by atoms with E-state index in [2.05, 4.69) is 19.2 Å². The van der Waals surface area contributed by atoms with E-state index in [1.54, 1.807) is 6.92 Å². The number of hydrogen-bond acceptors (Lipinski definition) is 1. The largest absolute Gasteiger partial charge is 0.315 e. The first kappa shape index (κ1) is 9.89. The summed E-state index contributed by atoms with van der Waals surface area (Å²) >= 11 is 0. The van der Waals surface area contributed by atoms with Crippen LogP contribution < -0.4 is 5.32 Å². The maximum Gasteiger partial charge on any atom is 0.0974 e. The smallest absolute Gasteiger partial charge is 0.0974 e. The van der Waals surface area contributed by atoms with E-state index < -0.39 is 6.17 Å². The summed E-state index contributed by atoms with van der Waals surface area (Å²) in [6.45, 7) is 6.74. The Labute approximate surface area is 63.0 Å². The SMILES string of the molecule is CC(F)CCCNC(C)C. The maximum absolute atomic E-state index is 12.2. The van der Waals surface area contributed by atoms with Gasteiger partial charge < -0.3 is 5.32 Å².